The number of aromatic nitrogens is 3. The summed E-state index contributed by atoms with van der Waals surface area (Å²) in [6, 6.07) is 70.3. The molecule has 1 unspecified atom stereocenters. The summed E-state index contributed by atoms with van der Waals surface area (Å²) >= 11 is 1.82. The van der Waals surface area contributed by atoms with Crippen LogP contribution in [0.3, 0.4) is 0 Å². The molecule has 5 heteroatoms. The van der Waals surface area contributed by atoms with Gasteiger partial charge in [-0.25, -0.2) is 15.0 Å². The lowest BCUT2D eigenvalue weighted by Crippen LogP contribution is -2.08. The van der Waals surface area contributed by atoms with Crippen molar-refractivity contribution in [2.24, 2.45) is 0 Å². The maximum absolute atomic E-state index is 6.74. The van der Waals surface area contributed by atoms with Crippen molar-refractivity contribution in [1.82, 2.24) is 15.0 Å². The Balaban J connectivity index is 1.06. The van der Waals surface area contributed by atoms with Crippen LogP contribution in [-0.4, -0.2) is 15.0 Å². The molecule has 0 aliphatic heterocycles. The van der Waals surface area contributed by atoms with E-state index in [1.54, 1.807) is 0 Å². The van der Waals surface area contributed by atoms with Gasteiger partial charge in [-0.1, -0.05) is 140 Å². The Morgan fingerprint density at radius 3 is 1.88 bits per heavy atom. The molecule has 0 spiro atoms. The minimum Gasteiger partial charge on any atom is -0.456 e. The molecule has 1 aliphatic carbocycles. The maximum Gasteiger partial charge on any atom is 0.164 e. The van der Waals surface area contributed by atoms with Crippen LogP contribution < -0.4 is 0 Å². The van der Waals surface area contributed by atoms with Crippen molar-refractivity contribution >= 4 is 85.8 Å². The Labute approximate surface area is 378 Å². The predicted molar refractivity (Wildman–Crippen MR) is 271 cm³/mol. The molecule has 14 rings (SSSR count). The van der Waals surface area contributed by atoms with Crippen LogP contribution in [0.5, 0.6) is 0 Å². The first-order valence-electron chi connectivity index (χ1n) is 22.3. The van der Waals surface area contributed by atoms with Gasteiger partial charge in [0.2, 0.25) is 0 Å². The third-order valence-electron chi connectivity index (χ3n) is 13.7. The van der Waals surface area contributed by atoms with Crippen molar-refractivity contribution < 1.29 is 4.42 Å². The van der Waals surface area contributed by atoms with Gasteiger partial charge >= 0.3 is 0 Å². The lowest BCUT2D eigenvalue weighted by Gasteiger charge is -2.23. The number of para-hydroxylation sites is 1. The van der Waals surface area contributed by atoms with E-state index in [4.69, 9.17) is 19.4 Å². The van der Waals surface area contributed by atoms with Gasteiger partial charge in [-0.15, -0.1) is 11.3 Å². The first-order valence-corrected chi connectivity index (χ1v) is 23.1. The number of hydrogen-bond donors (Lipinski definition) is 0. The summed E-state index contributed by atoms with van der Waals surface area (Å²) in [7, 11) is 0. The molecule has 10 aromatic carbocycles. The molecule has 4 nitrogen and oxygen atoms in total. The Bertz CT molecular complexity index is 4110. The van der Waals surface area contributed by atoms with Gasteiger partial charge in [0, 0.05) is 53.6 Å². The summed E-state index contributed by atoms with van der Waals surface area (Å²) < 4.78 is 9.25. The Morgan fingerprint density at radius 1 is 0.400 bits per heavy atom. The van der Waals surface area contributed by atoms with E-state index in [-0.39, 0.29) is 5.92 Å². The number of furan rings is 1. The normalized spacial score (nSPS) is 13.9. The predicted octanol–water partition coefficient (Wildman–Crippen LogP) is 16.3. The molecule has 0 N–H and O–H groups in total. The quantitative estimate of drug-likeness (QED) is 0.177. The summed E-state index contributed by atoms with van der Waals surface area (Å²) in [6.45, 7) is 0. The highest BCUT2D eigenvalue weighted by molar-refractivity contribution is 7.25. The zero-order chi connectivity index (χ0) is 42.6. The van der Waals surface area contributed by atoms with Gasteiger partial charge in [0.25, 0.3) is 0 Å². The zero-order valence-electron chi connectivity index (χ0n) is 35.1. The average Bonchev–Trinajstić information content (AvgIpc) is 3.88. The topological polar surface area (TPSA) is 51.8 Å². The highest BCUT2D eigenvalue weighted by atomic mass is 32.1. The average molecular weight is 848 g/mol. The van der Waals surface area contributed by atoms with E-state index in [0.29, 0.717) is 17.5 Å². The summed E-state index contributed by atoms with van der Waals surface area (Å²) in [5.74, 6) is 1.91. The molecule has 13 aromatic rings. The number of hydrogen-bond acceptors (Lipinski definition) is 5. The Morgan fingerprint density at radius 2 is 1.03 bits per heavy atom. The van der Waals surface area contributed by atoms with E-state index in [2.05, 4.69) is 188 Å². The van der Waals surface area contributed by atoms with Crippen LogP contribution in [0.15, 0.2) is 199 Å². The van der Waals surface area contributed by atoms with Crippen molar-refractivity contribution in [2.45, 2.75) is 18.8 Å². The highest BCUT2D eigenvalue weighted by Gasteiger charge is 2.30. The summed E-state index contributed by atoms with van der Waals surface area (Å²) in [4.78, 5) is 16.4. The van der Waals surface area contributed by atoms with Gasteiger partial charge in [-0.3, -0.25) is 0 Å². The summed E-state index contributed by atoms with van der Waals surface area (Å²) in [5, 5.41) is 11.9. The smallest absolute Gasteiger partial charge is 0.164 e. The molecule has 65 heavy (non-hydrogen) atoms. The molecule has 3 aromatic heterocycles. The number of nitrogens with zero attached hydrogens (tertiary/aromatic N) is 3. The van der Waals surface area contributed by atoms with Crippen LogP contribution in [0.2, 0.25) is 0 Å². The minimum absolute atomic E-state index is 0.0166. The molecule has 0 saturated carbocycles. The van der Waals surface area contributed by atoms with E-state index < -0.39 is 0 Å². The second kappa shape index (κ2) is 14.3. The van der Waals surface area contributed by atoms with Crippen LogP contribution >= 0.6 is 11.3 Å². The Hall–Kier alpha value is -7.99. The SMILES string of the molecule is c1ccc2cc(-c3nc(-c4ccc5sc6ccccc6c5c4)nc(-c4cc5c(cc4C4CCc6cc7ccccc7cc6-c6ccc7ccccc7c64)oc4ccccc45)n3)ccc2c1. The van der Waals surface area contributed by atoms with Crippen molar-refractivity contribution in [3.05, 3.63) is 211 Å². The van der Waals surface area contributed by atoms with E-state index in [1.165, 1.54) is 69.4 Å². The summed E-state index contributed by atoms with van der Waals surface area (Å²) in [5.41, 5.74) is 11.0. The fraction of sp³-hybridized carbons (Fsp3) is 0.0500. The molecule has 0 saturated heterocycles. The molecule has 0 radical (unpaired) electrons. The molecule has 0 amide bonds. The van der Waals surface area contributed by atoms with Gasteiger partial charge in [-0.05, 0) is 128 Å². The van der Waals surface area contributed by atoms with E-state index in [9.17, 15) is 0 Å². The van der Waals surface area contributed by atoms with Crippen molar-refractivity contribution in [2.75, 3.05) is 0 Å². The number of fused-ring (bicyclic) bond motifs is 13. The van der Waals surface area contributed by atoms with Crippen molar-refractivity contribution in [3.8, 4) is 45.3 Å². The van der Waals surface area contributed by atoms with Crippen molar-refractivity contribution in [1.29, 1.82) is 0 Å². The summed E-state index contributed by atoms with van der Waals surface area (Å²) in [6.07, 6.45) is 1.80. The zero-order valence-corrected chi connectivity index (χ0v) is 35.9. The highest BCUT2D eigenvalue weighted by Crippen LogP contribution is 2.49. The first-order chi connectivity index (χ1) is 32.2. The van der Waals surface area contributed by atoms with Gasteiger partial charge in [-0.2, -0.15) is 0 Å². The van der Waals surface area contributed by atoms with E-state index in [0.717, 1.165) is 62.4 Å². The van der Waals surface area contributed by atoms with Crippen LogP contribution in [0, 0.1) is 0 Å². The third-order valence-corrected chi connectivity index (χ3v) is 14.9. The lowest BCUT2D eigenvalue weighted by atomic mass is 9.80. The standard InChI is InChI=1S/C60H37N3OS/c1-2-13-37-30-41(22-21-35(37)11-1)58-61-59(42-25-28-56-51(32-42)45-18-8-10-20-55(45)65-56)63-60(62-58)52-33-50-44-17-7-9-19-53(44)64-54(50)34-49(52)47-27-24-40-29-38-14-3-4-15-39(38)31-48(40)46-26-23-36-12-5-6-16-43(36)57(46)47/h1-23,25-26,28-34,47H,24,27H2. The molecular weight excluding hydrogens is 811 g/mol. The first kappa shape index (κ1) is 36.5. The molecule has 1 atom stereocenters. The van der Waals surface area contributed by atoms with Crippen molar-refractivity contribution in [3.63, 3.8) is 0 Å². The fourth-order valence-electron chi connectivity index (χ4n) is 10.6. The molecule has 3 heterocycles. The lowest BCUT2D eigenvalue weighted by molar-refractivity contribution is 0.665. The van der Waals surface area contributed by atoms with Gasteiger partial charge < -0.3 is 4.42 Å². The van der Waals surface area contributed by atoms with Gasteiger partial charge in [0.15, 0.2) is 17.5 Å². The third kappa shape index (κ3) is 5.86. The number of thiophene rings is 1. The fourth-order valence-corrected chi connectivity index (χ4v) is 11.7. The van der Waals surface area contributed by atoms with Crippen LogP contribution in [0.25, 0.3) is 120 Å². The molecule has 304 valence electrons. The number of benzene rings is 10. The van der Waals surface area contributed by atoms with Crippen LogP contribution in [-0.2, 0) is 6.42 Å². The van der Waals surface area contributed by atoms with E-state index in [1.807, 2.05) is 17.4 Å². The number of aryl methyl sites for hydroxylation is 1. The monoisotopic (exact) mass is 847 g/mol. The molecule has 0 bridgehead atoms. The van der Waals surface area contributed by atoms with Crippen LogP contribution in [0.1, 0.15) is 29.0 Å². The second-order valence-corrected chi connectivity index (χ2v) is 18.5. The van der Waals surface area contributed by atoms with Crippen LogP contribution in [0.4, 0.5) is 0 Å². The molecule has 1 aliphatic rings. The second-order valence-electron chi connectivity index (χ2n) is 17.4. The molecule has 0 fully saturated rings. The van der Waals surface area contributed by atoms with E-state index >= 15 is 0 Å². The largest absolute Gasteiger partial charge is 0.456 e. The number of rotatable bonds is 4. The van der Waals surface area contributed by atoms with Gasteiger partial charge in [0.05, 0.1) is 0 Å². The van der Waals surface area contributed by atoms with Gasteiger partial charge in [0.1, 0.15) is 11.2 Å². The Kier molecular flexibility index (Phi) is 8.01. The maximum atomic E-state index is 6.74. The minimum atomic E-state index is -0.0166. The molecular formula is C60H37N3OS.